The lowest BCUT2D eigenvalue weighted by Crippen LogP contribution is -2.20. The Bertz CT molecular complexity index is 212. The van der Waals surface area contributed by atoms with E-state index in [4.69, 9.17) is 0 Å². The first kappa shape index (κ1) is 10.5. The fourth-order valence-corrected chi connectivity index (χ4v) is 1.71. The zero-order valence-corrected chi connectivity index (χ0v) is 8.90. The summed E-state index contributed by atoms with van der Waals surface area (Å²) in [5.41, 5.74) is 0. The van der Waals surface area contributed by atoms with Crippen LogP contribution in [-0.4, -0.2) is 34.0 Å². The molecule has 0 saturated carbocycles. The molecule has 1 aromatic heterocycles. The fraction of sp³-hybridized carbons (Fsp3) is 0.750. The van der Waals surface area contributed by atoms with Gasteiger partial charge in [0.15, 0.2) is 5.16 Å². The van der Waals surface area contributed by atoms with Gasteiger partial charge in [0.05, 0.1) is 0 Å². The standard InChI is InChI=1S/C8H16N4S/c1-7(9-2)4-3-5-13-8-10-6-11-12-8/h6-7,9H,3-5H2,1-2H3,(H,10,11,12). The summed E-state index contributed by atoms with van der Waals surface area (Å²) in [6, 6.07) is 0.607. The van der Waals surface area contributed by atoms with E-state index in [1.54, 1.807) is 18.1 Å². The fourth-order valence-electron chi connectivity index (χ4n) is 0.967. The average Bonchev–Trinajstić information content (AvgIpc) is 2.64. The van der Waals surface area contributed by atoms with Crippen LogP contribution in [-0.2, 0) is 0 Å². The van der Waals surface area contributed by atoms with Crippen LogP contribution in [0.4, 0.5) is 0 Å². The monoisotopic (exact) mass is 200 g/mol. The summed E-state index contributed by atoms with van der Waals surface area (Å²) in [7, 11) is 1.99. The summed E-state index contributed by atoms with van der Waals surface area (Å²) in [5, 5.41) is 10.7. The van der Waals surface area contributed by atoms with Crippen LogP contribution in [0.2, 0.25) is 0 Å². The predicted molar refractivity (Wildman–Crippen MR) is 54.9 cm³/mol. The minimum atomic E-state index is 0.607. The normalized spacial score (nSPS) is 13.1. The van der Waals surface area contributed by atoms with Crippen LogP contribution in [0, 0.1) is 0 Å². The van der Waals surface area contributed by atoms with Gasteiger partial charge >= 0.3 is 0 Å². The number of nitrogens with one attached hydrogen (secondary N) is 2. The highest BCUT2D eigenvalue weighted by molar-refractivity contribution is 7.99. The number of aromatic nitrogens is 3. The lowest BCUT2D eigenvalue weighted by atomic mass is 10.2. The first-order chi connectivity index (χ1) is 6.33. The molecule has 0 aliphatic heterocycles. The van der Waals surface area contributed by atoms with Crippen molar-refractivity contribution in [3.05, 3.63) is 6.33 Å². The molecule has 0 bridgehead atoms. The van der Waals surface area contributed by atoms with Gasteiger partial charge in [-0.05, 0) is 26.8 Å². The second kappa shape index (κ2) is 5.99. The van der Waals surface area contributed by atoms with Crippen molar-refractivity contribution in [3.63, 3.8) is 0 Å². The van der Waals surface area contributed by atoms with Gasteiger partial charge in [0.2, 0.25) is 0 Å². The number of nitrogens with zero attached hydrogens (tertiary/aromatic N) is 2. The van der Waals surface area contributed by atoms with Gasteiger partial charge in [-0.15, -0.1) is 0 Å². The highest BCUT2D eigenvalue weighted by Gasteiger charge is 1.99. The molecular weight excluding hydrogens is 184 g/mol. The molecule has 4 nitrogen and oxygen atoms in total. The molecule has 0 aliphatic carbocycles. The topological polar surface area (TPSA) is 53.6 Å². The van der Waals surface area contributed by atoms with Crippen LogP contribution < -0.4 is 5.32 Å². The number of H-pyrrole nitrogens is 1. The van der Waals surface area contributed by atoms with Crippen molar-refractivity contribution in [2.45, 2.75) is 31.0 Å². The van der Waals surface area contributed by atoms with Crippen molar-refractivity contribution in [3.8, 4) is 0 Å². The van der Waals surface area contributed by atoms with Gasteiger partial charge in [0, 0.05) is 11.8 Å². The first-order valence-electron chi connectivity index (χ1n) is 4.48. The van der Waals surface area contributed by atoms with Crippen molar-refractivity contribution >= 4 is 11.8 Å². The summed E-state index contributed by atoms with van der Waals surface area (Å²) < 4.78 is 0. The minimum Gasteiger partial charge on any atom is -0.317 e. The van der Waals surface area contributed by atoms with Crippen LogP contribution in [0.3, 0.4) is 0 Å². The average molecular weight is 200 g/mol. The van der Waals surface area contributed by atoms with Crippen LogP contribution in [0.5, 0.6) is 0 Å². The van der Waals surface area contributed by atoms with Gasteiger partial charge < -0.3 is 5.32 Å². The zero-order chi connectivity index (χ0) is 9.52. The van der Waals surface area contributed by atoms with E-state index in [2.05, 4.69) is 27.4 Å². The maximum absolute atomic E-state index is 4.03. The van der Waals surface area contributed by atoms with Gasteiger partial charge in [-0.1, -0.05) is 11.8 Å². The maximum Gasteiger partial charge on any atom is 0.183 e. The van der Waals surface area contributed by atoms with E-state index in [1.165, 1.54) is 12.8 Å². The zero-order valence-electron chi connectivity index (χ0n) is 8.08. The van der Waals surface area contributed by atoms with E-state index in [9.17, 15) is 0 Å². The van der Waals surface area contributed by atoms with E-state index in [1.807, 2.05) is 7.05 Å². The van der Waals surface area contributed by atoms with Crippen LogP contribution >= 0.6 is 11.8 Å². The molecule has 2 N–H and O–H groups in total. The maximum atomic E-state index is 4.03. The summed E-state index contributed by atoms with van der Waals surface area (Å²) in [4.78, 5) is 4.03. The van der Waals surface area contributed by atoms with E-state index in [0.717, 1.165) is 10.9 Å². The lowest BCUT2D eigenvalue weighted by molar-refractivity contribution is 0.559. The smallest absolute Gasteiger partial charge is 0.183 e. The van der Waals surface area contributed by atoms with Gasteiger partial charge in [-0.3, -0.25) is 5.10 Å². The Kier molecular flexibility index (Phi) is 4.85. The molecule has 13 heavy (non-hydrogen) atoms. The summed E-state index contributed by atoms with van der Waals surface area (Å²) in [6.07, 6.45) is 3.95. The molecule has 1 atom stereocenters. The van der Waals surface area contributed by atoms with E-state index in [0.29, 0.717) is 6.04 Å². The third kappa shape index (κ3) is 4.28. The second-order valence-electron chi connectivity index (χ2n) is 2.97. The molecule has 1 aromatic rings. The minimum absolute atomic E-state index is 0.607. The molecule has 0 spiro atoms. The van der Waals surface area contributed by atoms with Gasteiger partial charge in [-0.2, -0.15) is 5.10 Å². The number of rotatable bonds is 6. The first-order valence-corrected chi connectivity index (χ1v) is 5.47. The van der Waals surface area contributed by atoms with Crippen molar-refractivity contribution < 1.29 is 0 Å². The lowest BCUT2D eigenvalue weighted by Gasteiger charge is -2.08. The van der Waals surface area contributed by atoms with Gasteiger partial charge in [0.25, 0.3) is 0 Å². The SMILES string of the molecule is CNC(C)CCCSc1ncn[nH]1. The Morgan fingerprint density at radius 2 is 2.54 bits per heavy atom. The third-order valence-electron chi connectivity index (χ3n) is 1.91. The largest absolute Gasteiger partial charge is 0.317 e. The summed E-state index contributed by atoms with van der Waals surface area (Å²) in [5.74, 6) is 1.10. The Morgan fingerprint density at radius 1 is 1.69 bits per heavy atom. The Morgan fingerprint density at radius 3 is 3.15 bits per heavy atom. The molecule has 0 radical (unpaired) electrons. The van der Waals surface area contributed by atoms with Crippen molar-refractivity contribution in [1.29, 1.82) is 0 Å². The molecular formula is C8H16N4S. The number of hydrogen-bond acceptors (Lipinski definition) is 4. The molecule has 0 saturated heterocycles. The van der Waals surface area contributed by atoms with Crippen LogP contribution in [0.1, 0.15) is 19.8 Å². The molecule has 1 rings (SSSR count). The number of aromatic amines is 1. The molecule has 0 fully saturated rings. The second-order valence-corrected chi connectivity index (χ2v) is 4.05. The molecule has 1 unspecified atom stereocenters. The summed E-state index contributed by atoms with van der Waals surface area (Å²) in [6.45, 7) is 2.19. The van der Waals surface area contributed by atoms with Crippen molar-refractivity contribution in [2.24, 2.45) is 0 Å². The Hall–Kier alpha value is -0.550. The molecule has 1 heterocycles. The third-order valence-corrected chi connectivity index (χ3v) is 2.87. The molecule has 74 valence electrons. The van der Waals surface area contributed by atoms with Crippen molar-refractivity contribution in [2.75, 3.05) is 12.8 Å². The molecule has 0 aliphatic rings. The Labute approximate surface area is 82.9 Å². The van der Waals surface area contributed by atoms with Crippen LogP contribution in [0.25, 0.3) is 0 Å². The highest BCUT2D eigenvalue weighted by atomic mass is 32.2. The van der Waals surface area contributed by atoms with E-state index < -0.39 is 0 Å². The summed E-state index contributed by atoms with van der Waals surface area (Å²) >= 11 is 1.72. The van der Waals surface area contributed by atoms with Gasteiger partial charge in [-0.25, -0.2) is 4.98 Å². The number of thioether (sulfide) groups is 1. The van der Waals surface area contributed by atoms with E-state index in [-0.39, 0.29) is 0 Å². The highest BCUT2D eigenvalue weighted by Crippen LogP contribution is 2.13. The molecule has 0 amide bonds. The number of hydrogen-bond donors (Lipinski definition) is 2. The van der Waals surface area contributed by atoms with Crippen LogP contribution in [0.15, 0.2) is 11.5 Å². The van der Waals surface area contributed by atoms with Gasteiger partial charge in [0.1, 0.15) is 6.33 Å². The van der Waals surface area contributed by atoms with E-state index >= 15 is 0 Å². The predicted octanol–water partition coefficient (Wildman–Crippen LogP) is 1.28. The Balaban J connectivity index is 2.02. The molecule has 0 aromatic carbocycles. The molecule has 5 heteroatoms. The van der Waals surface area contributed by atoms with Crippen molar-refractivity contribution in [1.82, 2.24) is 20.5 Å². The quantitative estimate of drug-likeness (QED) is 0.536.